The molecule has 0 fully saturated rings. The van der Waals surface area contributed by atoms with Crippen LogP contribution in [0.5, 0.6) is 46.0 Å². The van der Waals surface area contributed by atoms with E-state index in [1.54, 1.807) is 12.1 Å². The number of unbranched alkanes of at least 4 members (excludes halogenated alkanes) is 16. The van der Waals surface area contributed by atoms with Gasteiger partial charge in [-0.05, 0) is 67.1 Å². The molecule has 4 unspecified atom stereocenters. The molecule has 0 saturated carbocycles. The van der Waals surface area contributed by atoms with E-state index in [1.807, 2.05) is 18.2 Å². The molecule has 64 heavy (non-hydrogen) atoms. The summed E-state index contributed by atoms with van der Waals surface area (Å²) in [5.41, 5.74) is 4.76. The van der Waals surface area contributed by atoms with Crippen LogP contribution in [-0.2, 0) is 0 Å². The Balaban J connectivity index is 1.88. The molecule has 8 nitrogen and oxygen atoms in total. The van der Waals surface area contributed by atoms with Crippen LogP contribution in [0.1, 0.15) is 250 Å². The number of fused-ring (bicyclic) bond motifs is 7. The molecule has 4 aromatic carbocycles. The second kappa shape index (κ2) is 25.1. The zero-order valence-electron chi connectivity index (χ0n) is 39.5. The third-order valence-corrected chi connectivity index (χ3v) is 14.1. The first-order chi connectivity index (χ1) is 30.9. The molecule has 0 amide bonds. The summed E-state index contributed by atoms with van der Waals surface area (Å²) in [6.45, 7) is 8.71. The van der Waals surface area contributed by atoms with Crippen molar-refractivity contribution < 1.29 is 40.9 Å². The fourth-order valence-electron chi connectivity index (χ4n) is 10.4. The Kier molecular flexibility index (Phi) is 19.7. The van der Waals surface area contributed by atoms with Crippen molar-refractivity contribution in [2.45, 2.75) is 205 Å². The molecule has 0 aromatic heterocycles. The quantitative estimate of drug-likeness (QED) is 0.0255. The first-order valence-corrected chi connectivity index (χ1v) is 25.2. The molecule has 0 radical (unpaired) electrons. The van der Waals surface area contributed by atoms with E-state index < -0.39 is 23.7 Å². The van der Waals surface area contributed by atoms with Crippen molar-refractivity contribution in [2.24, 2.45) is 0 Å². The first kappa shape index (κ1) is 50.3. The number of hydrogen-bond acceptors (Lipinski definition) is 8. The molecule has 0 saturated heterocycles. The minimum absolute atomic E-state index is 0.0889. The number of aromatic hydroxyl groups is 8. The number of hydrogen-bond donors (Lipinski definition) is 8. The van der Waals surface area contributed by atoms with Gasteiger partial charge < -0.3 is 40.9 Å². The monoisotopic (exact) mass is 881 g/mol. The van der Waals surface area contributed by atoms with E-state index in [4.69, 9.17) is 0 Å². The van der Waals surface area contributed by atoms with Gasteiger partial charge in [0.25, 0.3) is 0 Å². The Morgan fingerprint density at radius 3 is 0.656 bits per heavy atom. The molecule has 0 aliphatic heterocycles. The van der Waals surface area contributed by atoms with Crippen molar-refractivity contribution in [1.82, 2.24) is 0 Å². The Morgan fingerprint density at radius 2 is 0.438 bits per heavy atom. The van der Waals surface area contributed by atoms with Gasteiger partial charge in [0.15, 0.2) is 11.5 Å². The maximum atomic E-state index is 12.0. The Hall–Kier alpha value is -4.72. The van der Waals surface area contributed by atoms with Crippen LogP contribution >= 0.6 is 0 Å². The molecule has 8 N–H and O–H groups in total. The van der Waals surface area contributed by atoms with E-state index >= 15 is 0 Å². The lowest BCUT2D eigenvalue weighted by Crippen LogP contribution is -2.12. The first-order valence-electron chi connectivity index (χ1n) is 25.2. The summed E-state index contributed by atoms with van der Waals surface area (Å²) in [6, 6.07) is 13.1. The van der Waals surface area contributed by atoms with E-state index in [2.05, 4.69) is 27.7 Å². The maximum Gasteiger partial charge on any atom is 0.157 e. The summed E-state index contributed by atoms with van der Waals surface area (Å²) in [5, 5.41) is 94.1. The minimum atomic E-state index is -0.520. The van der Waals surface area contributed by atoms with Crippen LogP contribution < -0.4 is 0 Å². The number of phenols is 8. The molecule has 352 valence electrons. The van der Waals surface area contributed by atoms with Gasteiger partial charge in [-0.15, -0.1) is 0 Å². The molecule has 5 rings (SSSR count). The average molecular weight is 881 g/mol. The molecule has 6 bridgehead atoms. The highest BCUT2D eigenvalue weighted by Crippen LogP contribution is 2.53. The van der Waals surface area contributed by atoms with Gasteiger partial charge in [0.1, 0.15) is 34.5 Å². The van der Waals surface area contributed by atoms with Crippen molar-refractivity contribution in [3.05, 3.63) is 93.0 Å². The highest BCUT2D eigenvalue weighted by atomic mass is 16.3. The Morgan fingerprint density at radius 1 is 0.234 bits per heavy atom. The highest BCUT2D eigenvalue weighted by molar-refractivity contribution is 5.62. The van der Waals surface area contributed by atoms with E-state index in [0.29, 0.717) is 70.2 Å². The van der Waals surface area contributed by atoms with Crippen molar-refractivity contribution in [2.75, 3.05) is 0 Å². The van der Waals surface area contributed by atoms with Gasteiger partial charge in [-0.3, -0.25) is 0 Å². The van der Waals surface area contributed by atoms with Crippen molar-refractivity contribution >= 4 is 0 Å². The fourth-order valence-corrected chi connectivity index (χ4v) is 10.4. The average Bonchev–Trinajstić information content (AvgIpc) is 3.26. The predicted molar refractivity (Wildman–Crippen MR) is 260 cm³/mol. The third-order valence-electron chi connectivity index (χ3n) is 14.1. The number of rotatable bonds is 24. The van der Waals surface area contributed by atoms with Gasteiger partial charge in [0, 0.05) is 75.3 Å². The molecule has 4 aromatic rings. The van der Waals surface area contributed by atoms with Crippen LogP contribution in [0, 0.1) is 0 Å². The van der Waals surface area contributed by atoms with Gasteiger partial charge in [0.2, 0.25) is 0 Å². The van der Waals surface area contributed by atoms with E-state index in [1.165, 1.54) is 18.2 Å². The second-order valence-corrected chi connectivity index (χ2v) is 18.9. The normalized spacial score (nSPS) is 17.2. The third kappa shape index (κ3) is 12.8. The molecular weight excluding hydrogens is 801 g/mol. The maximum absolute atomic E-state index is 12.0. The van der Waals surface area contributed by atoms with Gasteiger partial charge in [0.05, 0.1) is 0 Å². The van der Waals surface area contributed by atoms with Crippen molar-refractivity contribution in [3.8, 4) is 46.0 Å². The smallest absolute Gasteiger partial charge is 0.157 e. The summed E-state index contributed by atoms with van der Waals surface area (Å²) < 4.78 is 0. The van der Waals surface area contributed by atoms with Crippen LogP contribution in [0.3, 0.4) is 0 Å². The molecule has 1 aliphatic rings. The molecule has 8 heteroatoms. The van der Waals surface area contributed by atoms with Gasteiger partial charge in [-0.1, -0.05) is 156 Å². The summed E-state index contributed by atoms with van der Waals surface area (Å²) >= 11 is 0. The summed E-state index contributed by atoms with van der Waals surface area (Å²) in [7, 11) is 0. The fraction of sp³-hybridized carbons (Fsp3) is 0.571. The van der Waals surface area contributed by atoms with Gasteiger partial charge in [-0.2, -0.15) is 0 Å². The van der Waals surface area contributed by atoms with Crippen molar-refractivity contribution in [1.29, 1.82) is 0 Å². The zero-order chi connectivity index (χ0) is 46.2. The topological polar surface area (TPSA) is 162 Å². The van der Waals surface area contributed by atoms with E-state index in [9.17, 15) is 40.9 Å². The van der Waals surface area contributed by atoms with Gasteiger partial charge >= 0.3 is 0 Å². The lowest BCUT2D eigenvalue weighted by molar-refractivity contribution is 0.400. The van der Waals surface area contributed by atoms with Crippen LogP contribution in [-0.4, -0.2) is 40.9 Å². The van der Waals surface area contributed by atoms with Crippen LogP contribution in [0.25, 0.3) is 0 Å². The van der Waals surface area contributed by atoms with Crippen molar-refractivity contribution in [3.63, 3.8) is 0 Å². The Bertz CT molecular complexity index is 1930. The summed E-state index contributed by atoms with van der Waals surface area (Å²) in [5.74, 6) is -3.15. The Labute approximate surface area is 384 Å². The van der Waals surface area contributed by atoms with Crippen LogP contribution in [0.15, 0.2) is 48.5 Å². The largest absolute Gasteiger partial charge is 0.508 e. The predicted octanol–water partition coefficient (Wildman–Crippen LogP) is 15.6. The summed E-state index contributed by atoms with van der Waals surface area (Å²) in [6.07, 6.45) is 22.5. The SMILES string of the molecule is CCCCCCCC1c2cc(c(O)cc2O)C(CCCCCCC)c2cc(c(O)cc2O)C(CCCCCCC)c2cc(O)c(O)cc2C(CCCCCCC)c2cc1c(O)cc2O. The standard InChI is InChI=1S/C56H80O8/c1-5-9-13-17-21-25-37-41-32-55(63)56(64)33-42(41)38(26-22-18-14-10-6-2)44-30-46(52(60)35-50(44)58)40(28-24-20-16-12-8-4)48-31-47(53(61)36-54(48)62)39(27-23-19-15-11-7-3)45-29-43(37)49(57)34-51(45)59/h29-40,57-64H,5-28H2,1-4H3. The lowest BCUT2D eigenvalue weighted by Gasteiger charge is -2.29. The molecule has 1 aliphatic carbocycles. The molecule has 0 spiro atoms. The highest BCUT2D eigenvalue weighted by Gasteiger charge is 2.33. The molecular formula is C56H80O8. The van der Waals surface area contributed by atoms with Crippen LogP contribution in [0.4, 0.5) is 0 Å². The van der Waals surface area contributed by atoms with Gasteiger partial charge in [-0.25, -0.2) is 0 Å². The van der Waals surface area contributed by atoms with E-state index in [0.717, 1.165) is 128 Å². The minimum Gasteiger partial charge on any atom is -0.508 e. The zero-order valence-corrected chi connectivity index (χ0v) is 39.5. The number of phenolic OH excluding ortho intramolecular Hbond substituents is 8. The summed E-state index contributed by atoms with van der Waals surface area (Å²) in [4.78, 5) is 0. The number of benzene rings is 4. The second-order valence-electron chi connectivity index (χ2n) is 18.9. The molecule has 4 atom stereocenters. The van der Waals surface area contributed by atoms with E-state index in [-0.39, 0.29) is 46.0 Å². The molecule has 0 heterocycles. The lowest BCUT2D eigenvalue weighted by atomic mass is 9.75. The van der Waals surface area contributed by atoms with Crippen LogP contribution in [0.2, 0.25) is 0 Å².